The van der Waals surface area contributed by atoms with E-state index in [4.69, 9.17) is 4.74 Å². The van der Waals surface area contributed by atoms with Crippen molar-refractivity contribution >= 4 is 15.9 Å². The van der Waals surface area contributed by atoms with Crippen LogP contribution in [0.25, 0.3) is 0 Å². The molecule has 1 fully saturated rings. The normalized spacial score (nSPS) is 17.7. The van der Waals surface area contributed by atoms with Crippen molar-refractivity contribution < 1.29 is 17.9 Å². The molecule has 2 aromatic rings. The van der Waals surface area contributed by atoms with Gasteiger partial charge in [-0.2, -0.15) is 5.10 Å². The standard InChI is InChI=1S/C18H24N4O4S/c1-12-17(13(2)21-20-12)16-11-26-9-8-22(16)18(23)19-10-14-4-6-15(7-5-14)27(3,24)25/h4-7,16H,8-11H2,1-3H3,(H,19,23)(H,20,21). The molecule has 1 unspecified atom stereocenters. The quantitative estimate of drug-likeness (QED) is 0.824. The Kier molecular flexibility index (Phi) is 5.52. The molecule has 0 spiro atoms. The molecule has 27 heavy (non-hydrogen) atoms. The maximum atomic E-state index is 12.8. The zero-order valence-electron chi connectivity index (χ0n) is 15.7. The van der Waals surface area contributed by atoms with Crippen LogP contribution in [0.2, 0.25) is 0 Å². The van der Waals surface area contributed by atoms with Crippen LogP contribution in [-0.4, -0.2) is 55.6 Å². The number of aryl methyl sites for hydroxylation is 2. The molecule has 1 aromatic carbocycles. The van der Waals surface area contributed by atoms with Gasteiger partial charge < -0.3 is 15.0 Å². The van der Waals surface area contributed by atoms with Crippen molar-refractivity contribution in [2.75, 3.05) is 26.0 Å². The maximum absolute atomic E-state index is 12.8. The minimum Gasteiger partial charge on any atom is -0.377 e. The van der Waals surface area contributed by atoms with Crippen LogP contribution in [0.5, 0.6) is 0 Å². The minimum absolute atomic E-state index is 0.185. The van der Waals surface area contributed by atoms with Crippen LogP contribution >= 0.6 is 0 Å². The Labute approximate surface area is 158 Å². The number of urea groups is 1. The number of ether oxygens (including phenoxy) is 1. The third-order valence-corrected chi connectivity index (χ3v) is 5.83. The average Bonchev–Trinajstić information content (AvgIpc) is 2.97. The molecule has 1 aliphatic rings. The first-order valence-corrected chi connectivity index (χ1v) is 10.6. The number of carbonyl (C=O) groups excluding carboxylic acids is 1. The second-order valence-corrected chi connectivity index (χ2v) is 8.72. The fraction of sp³-hybridized carbons (Fsp3) is 0.444. The average molecular weight is 392 g/mol. The zero-order valence-corrected chi connectivity index (χ0v) is 16.5. The first-order valence-electron chi connectivity index (χ1n) is 8.70. The lowest BCUT2D eigenvalue weighted by molar-refractivity contribution is 0.0112. The van der Waals surface area contributed by atoms with Gasteiger partial charge in [-0.05, 0) is 31.5 Å². The van der Waals surface area contributed by atoms with E-state index in [0.717, 1.165) is 22.5 Å². The van der Waals surface area contributed by atoms with E-state index in [-0.39, 0.29) is 17.0 Å². The topological polar surface area (TPSA) is 104 Å². The summed E-state index contributed by atoms with van der Waals surface area (Å²) in [5.74, 6) is 0. The summed E-state index contributed by atoms with van der Waals surface area (Å²) in [7, 11) is -3.23. The van der Waals surface area contributed by atoms with Gasteiger partial charge in [0.25, 0.3) is 0 Å². The summed E-state index contributed by atoms with van der Waals surface area (Å²) >= 11 is 0. The van der Waals surface area contributed by atoms with Crippen LogP contribution in [0.3, 0.4) is 0 Å². The van der Waals surface area contributed by atoms with E-state index >= 15 is 0 Å². The lowest BCUT2D eigenvalue weighted by atomic mass is 10.0. The highest BCUT2D eigenvalue weighted by Crippen LogP contribution is 2.28. The Morgan fingerprint density at radius 1 is 1.33 bits per heavy atom. The lowest BCUT2D eigenvalue weighted by Gasteiger charge is -2.36. The molecule has 146 valence electrons. The van der Waals surface area contributed by atoms with Crippen molar-refractivity contribution in [3.63, 3.8) is 0 Å². The molecule has 1 atom stereocenters. The fourth-order valence-corrected chi connectivity index (χ4v) is 3.90. The van der Waals surface area contributed by atoms with Gasteiger partial charge in [0, 0.05) is 30.6 Å². The number of sulfone groups is 1. The van der Waals surface area contributed by atoms with Crippen LogP contribution in [0, 0.1) is 13.8 Å². The second-order valence-electron chi connectivity index (χ2n) is 6.71. The highest BCUT2D eigenvalue weighted by molar-refractivity contribution is 7.90. The molecule has 0 saturated carbocycles. The van der Waals surface area contributed by atoms with E-state index in [9.17, 15) is 13.2 Å². The molecular formula is C18H24N4O4S. The number of H-pyrrole nitrogens is 1. The number of rotatable bonds is 4. The molecule has 0 aliphatic carbocycles. The predicted octanol–water partition coefficient (Wildman–Crippen LogP) is 1.71. The molecule has 8 nitrogen and oxygen atoms in total. The second kappa shape index (κ2) is 7.69. The third-order valence-electron chi connectivity index (χ3n) is 4.70. The maximum Gasteiger partial charge on any atom is 0.318 e. The monoisotopic (exact) mass is 392 g/mol. The van der Waals surface area contributed by atoms with Crippen LogP contribution in [-0.2, 0) is 21.1 Å². The summed E-state index contributed by atoms with van der Waals surface area (Å²) < 4.78 is 28.6. The first-order chi connectivity index (χ1) is 12.8. The van der Waals surface area contributed by atoms with Gasteiger partial charge in [0.2, 0.25) is 0 Å². The number of morpholine rings is 1. The molecule has 1 aromatic heterocycles. The number of aromatic nitrogens is 2. The molecule has 1 aliphatic heterocycles. The molecule has 0 bridgehead atoms. The lowest BCUT2D eigenvalue weighted by Crippen LogP contribution is -2.48. The van der Waals surface area contributed by atoms with Crippen molar-refractivity contribution in [2.24, 2.45) is 0 Å². The summed E-state index contributed by atoms with van der Waals surface area (Å²) in [5, 5.41) is 10.1. The van der Waals surface area contributed by atoms with Crippen LogP contribution < -0.4 is 5.32 Å². The van der Waals surface area contributed by atoms with E-state index < -0.39 is 9.84 Å². The minimum atomic E-state index is -3.23. The Bertz CT molecular complexity index is 902. The summed E-state index contributed by atoms with van der Waals surface area (Å²) in [6.45, 7) is 5.57. The number of nitrogens with zero attached hydrogens (tertiary/aromatic N) is 2. The number of aromatic amines is 1. The van der Waals surface area contributed by atoms with Gasteiger partial charge in [-0.25, -0.2) is 13.2 Å². The van der Waals surface area contributed by atoms with E-state index in [1.54, 1.807) is 29.2 Å². The number of benzene rings is 1. The molecule has 2 heterocycles. The molecule has 3 rings (SSSR count). The zero-order chi connectivity index (χ0) is 19.6. The molecule has 2 amide bonds. The van der Waals surface area contributed by atoms with E-state index in [1.165, 1.54) is 6.26 Å². The van der Waals surface area contributed by atoms with Crippen molar-refractivity contribution in [1.29, 1.82) is 0 Å². The number of amides is 2. The SMILES string of the molecule is Cc1n[nH]c(C)c1C1COCCN1C(=O)NCc1ccc(S(C)(=O)=O)cc1. The van der Waals surface area contributed by atoms with Gasteiger partial charge >= 0.3 is 6.03 Å². The van der Waals surface area contributed by atoms with E-state index in [1.807, 2.05) is 13.8 Å². The smallest absolute Gasteiger partial charge is 0.318 e. The number of carbonyl (C=O) groups is 1. The van der Waals surface area contributed by atoms with Gasteiger partial charge in [0.1, 0.15) is 0 Å². The molecule has 1 saturated heterocycles. The molecule has 2 N–H and O–H groups in total. The first kappa shape index (κ1) is 19.4. The Morgan fingerprint density at radius 3 is 2.63 bits per heavy atom. The fourth-order valence-electron chi connectivity index (χ4n) is 3.27. The van der Waals surface area contributed by atoms with Crippen molar-refractivity contribution in [2.45, 2.75) is 31.3 Å². The van der Waals surface area contributed by atoms with Crippen molar-refractivity contribution in [3.05, 3.63) is 46.8 Å². The largest absolute Gasteiger partial charge is 0.377 e. The van der Waals surface area contributed by atoms with Gasteiger partial charge in [-0.3, -0.25) is 5.10 Å². The predicted molar refractivity (Wildman–Crippen MR) is 100 cm³/mol. The molecule has 0 radical (unpaired) electrons. The number of hydrogen-bond acceptors (Lipinski definition) is 5. The van der Waals surface area contributed by atoms with Gasteiger partial charge in [0.05, 0.1) is 29.8 Å². The summed E-state index contributed by atoms with van der Waals surface area (Å²) in [6.07, 6.45) is 1.17. The van der Waals surface area contributed by atoms with Crippen LogP contribution in [0.1, 0.15) is 28.6 Å². The van der Waals surface area contributed by atoms with Gasteiger partial charge in [0.15, 0.2) is 9.84 Å². The highest BCUT2D eigenvalue weighted by atomic mass is 32.2. The van der Waals surface area contributed by atoms with Crippen LogP contribution in [0.4, 0.5) is 4.79 Å². The summed E-state index contributed by atoms with van der Waals surface area (Å²) in [5.41, 5.74) is 3.60. The van der Waals surface area contributed by atoms with Crippen molar-refractivity contribution in [3.8, 4) is 0 Å². The van der Waals surface area contributed by atoms with Gasteiger partial charge in [-0.1, -0.05) is 12.1 Å². The number of nitrogens with one attached hydrogen (secondary N) is 2. The van der Waals surface area contributed by atoms with Gasteiger partial charge in [-0.15, -0.1) is 0 Å². The third kappa shape index (κ3) is 4.30. The van der Waals surface area contributed by atoms with Crippen LogP contribution in [0.15, 0.2) is 29.2 Å². The molecular weight excluding hydrogens is 368 g/mol. The highest BCUT2D eigenvalue weighted by Gasteiger charge is 2.31. The van der Waals surface area contributed by atoms with Crippen molar-refractivity contribution in [1.82, 2.24) is 20.4 Å². The Morgan fingerprint density at radius 2 is 2.04 bits per heavy atom. The Hall–Kier alpha value is -2.39. The summed E-state index contributed by atoms with van der Waals surface area (Å²) in [4.78, 5) is 14.8. The molecule has 9 heteroatoms. The summed E-state index contributed by atoms with van der Waals surface area (Å²) in [6, 6.07) is 6.13. The number of hydrogen-bond donors (Lipinski definition) is 2. The van der Waals surface area contributed by atoms with E-state index in [2.05, 4.69) is 15.5 Å². The van der Waals surface area contributed by atoms with E-state index in [0.29, 0.717) is 26.3 Å². The Balaban J connectivity index is 1.69.